The first kappa shape index (κ1) is 20.8. The van der Waals surface area contributed by atoms with E-state index < -0.39 is 17.9 Å². The Morgan fingerprint density at radius 1 is 1.27 bits per heavy atom. The number of aromatic nitrogens is 2. The summed E-state index contributed by atoms with van der Waals surface area (Å²) in [6.45, 7) is 1.77. The lowest BCUT2D eigenvalue weighted by atomic mass is 10.1. The Bertz CT molecular complexity index is 730. The zero-order chi connectivity index (χ0) is 19.5. The maximum Gasteiger partial charge on any atom is 0.326 e. The minimum absolute atomic E-state index is 0.301. The molecule has 0 aliphatic heterocycles. The number of carboxylic acid groups (broad SMARTS) is 1. The Kier molecular flexibility index (Phi) is 8.51. The van der Waals surface area contributed by atoms with Crippen LogP contribution in [0, 0.1) is 0 Å². The van der Waals surface area contributed by atoms with Gasteiger partial charge < -0.3 is 26.9 Å². The van der Waals surface area contributed by atoms with Crippen LogP contribution in [-0.4, -0.2) is 45.4 Å². The molecule has 2 aromatic rings. The maximum absolute atomic E-state index is 10.8. The highest BCUT2D eigenvalue weighted by molar-refractivity contribution is 5.91. The van der Waals surface area contributed by atoms with Crippen LogP contribution in [0.5, 0.6) is 0 Å². The van der Waals surface area contributed by atoms with Crippen molar-refractivity contribution in [2.24, 2.45) is 11.5 Å². The van der Waals surface area contributed by atoms with Crippen LogP contribution in [0.4, 0.5) is 0 Å². The molecule has 1 aromatic carbocycles. The Balaban J connectivity index is 0.000000273. The largest absolute Gasteiger partial charge is 0.480 e. The monoisotopic (exact) mass is 361 g/mol. The molecule has 0 radical (unpaired) electrons. The number of carbonyl (C=O) groups excluding carboxylic acids is 2. The van der Waals surface area contributed by atoms with E-state index in [0.717, 1.165) is 5.56 Å². The normalized spacial score (nSPS) is 11.0. The van der Waals surface area contributed by atoms with E-state index in [1.807, 2.05) is 30.3 Å². The first-order valence-electron chi connectivity index (χ1n) is 7.91. The molecule has 9 heteroatoms. The van der Waals surface area contributed by atoms with E-state index in [0.29, 0.717) is 30.8 Å². The Morgan fingerprint density at radius 3 is 2.42 bits per heavy atom. The van der Waals surface area contributed by atoms with Crippen molar-refractivity contribution in [2.75, 3.05) is 6.54 Å². The fourth-order valence-corrected chi connectivity index (χ4v) is 2.16. The molecule has 1 aromatic heterocycles. The number of nitrogens with zero attached hydrogens (tertiary/aromatic N) is 1. The average Bonchev–Trinajstić information content (AvgIpc) is 3.04. The fraction of sp³-hybridized carbons (Fsp3) is 0.294. The third-order valence-corrected chi connectivity index (χ3v) is 3.30. The lowest BCUT2D eigenvalue weighted by Gasteiger charge is -2.12. The minimum atomic E-state index is -1.02. The van der Waals surface area contributed by atoms with Crippen molar-refractivity contribution in [1.82, 2.24) is 15.3 Å². The van der Waals surface area contributed by atoms with Crippen molar-refractivity contribution < 1.29 is 19.5 Å². The number of carbonyl (C=O) groups is 3. The summed E-state index contributed by atoms with van der Waals surface area (Å²) in [7, 11) is 0. The van der Waals surface area contributed by atoms with Gasteiger partial charge in [-0.25, -0.2) is 9.78 Å². The number of amides is 2. The highest BCUT2D eigenvalue weighted by atomic mass is 16.4. The summed E-state index contributed by atoms with van der Waals surface area (Å²) in [5.74, 6) is -1.85. The number of nitrogens with two attached hydrogens (primary N) is 2. The van der Waals surface area contributed by atoms with Crippen molar-refractivity contribution >= 4 is 17.8 Å². The Morgan fingerprint density at radius 2 is 1.92 bits per heavy atom. The van der Waals surface area contributed by atoms with Crippen molar-refractivity contribution in [2.45, 2.75) is 25.8 Å². The number of primary amides is 1. The van der Waals surface area contributed by atoms with Gasteiger partial charge in [0, 0.05) is 19.8 Å². The van der Waals surface area contributed by atoms with Gasteiger partial charge in [0.1, 0.15) is 11.7 Å². The molecule has 26 heavy (non-hydrogen) atoms. The van der Waals surface area contributed by atoms with E-state index in [2.05, 4.69) is 15.3 Å². The number of rotatable bonds is 7. The van der Waals surface area contributed by atoms with Gasteiger partial charge in [-0.3, -0.25) is 9.59 Å². The average molecular weight is 361 g/mol. The molecule has 0 aliphatic rings. The second-order valence-corrected chi connectivity index (χ2v) is 5.41. The minimum Gasteiger partial charge on any atom is -0.480 e. The number of carboxylic acids is 1. The van der Waals surface area contributed by atoms with Crippen molar-refractivity contribution in [3.63, 3.8) is 0 Å². The van der Waals surface area contributed by atoms with Gasteiger partial charge in [0.15, 0.2) is 0 Å². The summed E-state index contributed by atoms with van der Waals surface area (Å²) >= 11 is 0. The number of imidazole rings is 1. The molecule has 0 saturated carbocycles. The predicted octanol–water partition coefficient (Wildman–Crippen LogP) is -0.172. The van der Waals surface area contributed by atoms with E-state index in [4.69, 9.17) is 16.6 Å². The number of benzene rings is 1. The molecule has 0 fully saturated rings. The topological polar surface area (TPSA) is 164 Å². The second kappa shape index (κ2) is 10.6. The predicted molar refractivity (Wildman–Crippen MR) is 95.3 cm³/mol. The van der Waals surface area contributed by atoms with Gasteiger partial charge in [-0.05, 0) is 12.1 Å². The van der Waals surface area contributed by atoms with Crippen LogP contribution in [0.15, 0.2) is 36.7 Å². The van der Waals surface area contributed by atoms with Crippen molar-refractivity contribution in [3.8, 4) is 0 Å². The first-order valence-corrected chi connectivity index (χ1v) is 7.91. The zero-order valence-electron chi connectivity index (χ0n) is 14.4. The van der Waals surface area contributed by atoms with Crippen LogP contribution in [0.25, 0.3) is 0 Å². The molecular formula is C17H23N5O4. The van der Waals surface area contributed by atoms with Gasteiger partial charge in [0.25, 0.3) is 5.91 Å². The third kappa shape index (κ3) is 7.14. The molecule has 2 rings (SSSR count). The van der Waals surface area contributed by atoms with E-state index in [1.165, 1.54) is 13.3 Å². The maximum atomic E-state index is 10.8. The molecule has 1 heterocycles. The molecular weight excluding hydrogens is 338 g/mol. The van der Waals surface area contributed by atoms with Crippen LogP contribution in [0.2, 0.25) is 0 Å². The van der Waals surface area contributed by atoms with Gasteiger partial charge in [-0.2, -0.15) is 0 Å². The zero-order valence-corrected chi connectivity index (χ0v) is 14.4. The fourth-order valence-electron chi connectivity index (χ4n) is 2.16. The molecule has 2 amide bonds. The van der Waals surface area contributed by atoms with E-state index in [1.54, 1.807) is 0 Å². The summed E-state index contributed by atoms with van der Waals surface area (Å²) in [6.07, 6.45) is 2.31. The SMILES string of the molecule is CC(=O)N[C@@H](Cc1ccccc1)C(=O)O.NCCc1nc[nH]c1C(N)=O. The summed E-state index contributed by atoms with van der Waals surface area (Å²) in [4.78, 5) is 38.8. The highest BCUT2D eigenvalue weighted by Gasteiger charge is 2.18. The number of hydrogen-bond donors (Lipinski definition) is 5. The smallest absolute Gasteiger partial charge is 0.326 e. The molecule has 7 N–H and O–H groups in total. The molecule has 0 aliphatic carbocycles. The van der Waals surface area contributed by atoms with Crippen molar-refractivity contribution in [3.05, 3.63) is 53.6 Å². The number of nitrogens with one attached hydrogen (secondary N) is 2. The van der Waals surface area contributed by atoms with Crippen LogP contribution >= 0.6 is 0 Å². The van der Waals surface area contributed by atoms with E-state index >= 15 is 0 Å². The number of H-pyrrole nitrogens is 1. The summed E-state index contributed by atoms with van der Waals surface area (Å²) in [5, 5.41) is 11.3. The van der Waals surface area contributed by atoms with E-state index in [-0.39, 0.29) is 5.91 Å². The summed E-state index contributed by atoms with van der Waals surface area (Å²) in [6, 6.07) is 8.34. The number of aromatic amines is 1. The quantitative estimate of drug-likeness (QED) is 0.459. The molecule has 1 atom stereocenters. The number of aliphatic carboxylic acids is 1. The Hall–Kier alpha value is -3.20. The van der Waals surface area contributed by atoms with Gasteiger partial charge in [-0.1, -0.05) is 30.3 Å². The lowest BCUT2D eigenvalue weighted by molar-refractivity contribution is -0.141. The number of hydrogen-bond acceptors (Lipinski definition) is 5. The molecule has 0 saturated heterocycles. The van der Waals surface area contributed by atoms with Gasteiger partial charge >= 0.3 is 5.97 Å². The van der Waals surface area contributed by atoms with E-state index in [9.17, 15) is 14.4 Å². The van der Waals surface area contributed by atoms with Crippen LogP contribution in [0.1, 0.15) is 28.7 Å². The third-order valence-electron chi connectivity index (χ3n) is 3.30. The Labute approximate surface area is 150 Å². The summed E-state index contributed by atoms with van der Waals surface area (Å²) in [5.41, 5.74) is 12.2. The second-order valence-electron chi connectivity index (χ2n) is 5.41. The van der Waals surface area contributed by atoms with Crippen molar-refractivity contribution in [1.29, 1.82) is 0 Å². The van der Waals surface area contributed by atoms with Crippen LogP contribution in [0.3, 0.4) is 0 Å². The van der Waals surface area contributed by atoms with Gasteiger partial charge in [-0.15, -0.1) is 0 Å². The van der Waals surface area contributed by atoms with Crippen LogP contribution in [-0.2, 0) is 22.4 Å². The standard InChI is InChI=1S/C11H13NO3.C6H10N4O/c1-8(13)12-10(11(14)15)7-9-5-3-2-4-6-9;7-2-1-4-5(6(8)11)10-3-9-4/h2-6,10H,7H2,1H3,(H,12,13)(H,14,15);3H,1-2,7H2,(H2,8,11)(H,9,10)/t10-;/m0./s1. The first-order chi connectivity index (χ1) is 12.3. The highest BCUT2D eigenvalue weighted by Crippen LogP contribution is 2.03. The molecule has 0 spiro atoms. The van der Waals surface area contributed by atoms with Gasteiger partial charge in [0.05, 0.1) is 12.0 Å². The molecule has 140 valence electrons. The summed E-state index contributed by atoms with van der Waals surface area (Å²) < 4.78 is 0. The molecule has 0 bridgehead atoms. The molecule has 0 unspecified atom stereocenters. The molecule has 9 nitrogen and oxygen atoms in total. The van der Waals surface area contributed by atoms with Gasteiger partial charge in [0.2, 0.25) is 5.91 Å². The lowest BCUT2D eigenvalue weighted by Crippen LogP contribution is -2.41. The van der Waals surface area contributed by atoms with Crippen LogP contribution < -0.4 is 16.8 Å².